The third kappa shape index (κ3) is 3.54. The van der Waals surface area contributed by atoms with Crippen molar-refractivity contribution < 1.29 is 6.16 Å². The zero-order valence-corrected chi connectivity index (χ0v) is 21.2. The summed E-state index contributed by atoms with van der Waals surface area (Å²) in [6.45, 7) is 6.88. The molecule has 2 N–H and O–H groups in total. The first kappa shape index (κ1) is 22.2. The van der Waals surface area contributed by atoms with Crippen LogP contribution >= 0.6 is 11.8 Å². The van der Waals surface area contributed by atoms with E-state index in [-0.39, 0.29) is 1.43 Å². The Kier molecular flexibility index (Phi) is 5.91. The fourth-order valence-electron chi connectivity index (χ4n) is 7.36. The van der Waals surface area contributed by atoms with E-state index in [4.69, 9.17) is 4.74 Å². The number of aryl methyl sites for hydroxylation is 1. The van der Waals surface area contributed by atoms with Crippen LogP contribution in [0.1, 0.15) is 83.7 Å². The number of fused-ring (bicyclic) bond motifs is 3. The summed E-state index contributed by atoms with van der Waals surface area (Å²) in [5.41, 5.74) is 6.95. The highest BCUT2D eigenvalue weighted by atomic mass is 32.2. The maximum Gasteiger partial charge on any atom is 0.0728 e. The maximum atomic E-state index is 5.64. The summed E-state index contributed by atoms with van der Waals surface area (Å²) in [6.07, 6.45) is 14.2. The van der Waals surface area contributed by atoms with E-state index in [0.717, 1.165) is 25.7 Å². The highest BCUT2D eigenvalue weighted by molar-refractivity contribution is 8.05. The molecule has 1 aromatic carbocycles. The van der Waals surface area contributed by atoms with Crippen molar-refractivity contribution in [2.45, 2.75) is 93.9 Å². The van der Waals surface area contributed by atoms with Crippen molar-refractivity contribution in [3.8, 4) is 0 Å². The van der Waals surface area contributed by atoms with Crippen molar-refractivity contribution in [1.29, 1.82) is 0 Å². The van der Waals surface area contributed by atoms with E-state index in [2.05, 4.69) is 52.7 Å². The largest absolute Gasteiger partial charge is 0.381 e. The third-order valence-corrected chi connectivity index (χ3v) is 11.0. The quantitative estimate of drug-likeness (QED) is 0.532. The highest BCUT2D eigenvalue weighted by Gasteiger charge is 2.73. The summed E-state index contributed by atoms with van der Waals surface area (Å²) in [5, 5.41) is 9.54. The van der Waals surface area contributed by atoms with E-state index in [0.29, 0.717) is 22.2 Å². The molecule has 0 radical (unpaired) electrons. The minimum absolute atomic E-state index is 0. The number of benzene rings is 1. The number of rotatable bonds is 5. The third-order valence-electron chi connectivity index (χ3n) is 9.19. The summed E-state index contributed by atoms with van der Waals surface area (Å²) >= 11 is 2.22. The molecule has 1 aromatic rings. The molecule has 4 heteroatoms. The van der Waals surface area contributed by atoms with Crippen LogP contribution in [-0.4, -0.2) is 36.1 Å². The molecule has 180 valence electrons. The second-order valence-electron chi connectivity index (χ2n) is 10.7. The van der Waals surface area contributed by atoms with Gasteiger partial charge in [-0.3, -0.25) is 0 Å². The fourth-order valence-corrected chi connectivity index (χ4v) is 9.23. The van der Waals surface area contributed by atoms with Gasteiger partial charge in [0.25, 0.3) is 0 Å². The predicted molar refractivity (Wildman–Crippen MR) is 141 cm³/mol. The fraction of sp³-hybridized carbons (Fsp3) is 0.655. The lowest BCUT2D eigenvalue weighted by atomic mass is 9.70. The number of hydrogen-bond acceptors (Lipinski definition) is 4. The maximum absolute atomic E-state index is 5.64. The average Bonchev–Trinajstić information content (AvgIpc) is 3.25. The van der Waals surface area contributed by atoms with Crippen molar-refractivity contribution >= 4 is 11.8 Å². The molecule has 3 unspecified atom stereocenters. The topological polar surface area (TPSA) is 33.3 Å². The van der Waals surface area contributed by atoms with E-state index in [1.807, 2.05) is 13.8 Å². The Labute approximate surface area is 205 Å². The van der Waals surface area contributed by atoms with Crippen molar-refractivity contribution in [2.75, 3.05) is 19.8 Å². The zero-order valence-electron chi connectivity index (χ0n) is 20.4. The van der Waals surface area contributed by atoms with E-state index >= 15 is 0 Å². The number of allylic oxidation sites excluding steroid dienone is 2. The number of thioether (sulfide) groups is 1. The molecule has 2 saturated carbocycles. The summed E-state index contributed by atoms with van der Waals surface area (Å²) in [4.78, 5) is 0. The van der Waals surface area contributed by atoms with Gasteiger partial charge in [0.05, 0.1) is 5.03 Å². The molecule has 0 amide bonds. The van der Waals surface area contributed by atoms with Gasteiger partial charge in [0.1, 0.15) is 0 Å². The Bertz CT molecular complexity index is 965. The molecule has 3 nitrogen and oxygen atoms in total. The van der Waals surface area contributed by atoms with Crippen LogP contribution in [0.25, 0.3) is 0 Å². The van der Waals surface area contributed by atoms with E-state index < -0.39 is 0 Å². The standard InChI is InChI=1S/C27H34N2OS.C2H6.H2/c1-2-5-22-18(4-1)6-7-19(22)16-20-8-13-28-25-24(20)23-17-27(23,31-25)26(11-3-12-26)29-21-9-14-30-15-10-21;1-2;/h1-2,4-5,8,19,21,23,28-29H,3,6-7,9-17H2;1-2H3;1H. The van der Waals surface area contributed by atoms with Crippen molar-refractivity contribution in [2.24, 2.45) is 5.92 Å². The predicted octanol–water partition coefficient (Wildman–Crippen LogP) is 6.32. The Hall–Kier alpha value is -1.23. The van der Waals surface area contributed by atoms with Crippen LogP contribution in [0.5, 0.6) is 0 Å². The van der Waals surface area contributed by atoms with Crippen LogP contribution in [0.3, 0.4) is 0 Å². The van der Waals surface area contributed by atoms with E-state index in [1.54, 1.807) is 22.3 Å². The van der Waals surface area contributed by atoms with Gasteiger partial charge in [-0.2, -0.15) is 0 Å². The average molecular weight is 467 g/mol. The van der Waals surface area contributed by atoms with Gasteiger partial charge in [-0.15, -0.1) is 0 Å². The van der Waals surface area contributed by atoms with Crippen LogP contribution < -0.4 is 10.6 Å². The molecule has 3 fully saturated rings. The van der Waals surface area contributed by atoms with Crippen LogP contribution in [-0.2, 0) is 11.2 Å². The monoisotopic (exact) mass is 466 g/mol. The Morgan fingerprint density at radius 2 is 1.97 bits per heavy atom. The summed E-state index contributed by atoms with van der Waals surface area (Å²) in [7, 11) is 0. The first-order valence-corrected chi connectivity index (χ1v) is 14.4. The van der Waals surface area contributed by atoms with Crippen LogP contribution in [0.2, 0.25) is 0 Å². The molecule has 3 aliphatic heterocycles. The molecule has 3 heterocycles. The summed E-state index contributed by atoms with van der Waals surface area (Å²) in [5.74, 6) is 1.47. The van der Waals surface area contributed by atoms with Gasteiger partial charge >= 0.3 is 0 Å². The molecular weight excluding hydrogens is 424 g/mol. The normalized spacial score (nSPS) is 33.6. The number of hydrogen-bond donors (Lipinski definition) is 2. The molecule has 7 rings (SSSR count). The first-order chi connectivity index (χ1) is 16.3. The van der Waals surface area contributed by atoms with Gasteiger partial charge in [0.2, 0.25) is 0 Å². The minimum Gasteiger partial charge on any atom is -0.381 e. The molecule has 3 aliphatic carbocycles. The number of nitrogens with one attached hydrogen (secondary N) is 2. The van der Waals surface area contributed by atoms with Gasteiger partial charge in [0.15, 0.2) is 0 Å². The van der Waals surface area contributed by atoms with Gasteiger partial charge in [0, 0.05) is 43.4 Å². The minimum atomic E-state index is 0. The summed E-state index contributed by atoms with van der Waals surface area (Å²) in [6, 6.07) is 9.83. The Morgan fingerprint density at radius 3 is 2.76 bits per heavy atom. The second kappa shape index (κ2) is 8.77. The van der Waals surface area contributed by atoms with Gasteiger partial charge in [-0.1, -0.05) is 56.0 Å². The van der Waals surface area contributed by atoms with E-state index in [1.165, 1.54) is 62.8 Å². The number of ether oxygens (including phenoxy) is 1. The molecule has 6 aliphatic rings. The number of dihydropyridines is 1. The first-order valence-electron chi connectivity index (χ1n) is 13.6. The van der Waals surface area contributed by atoms with Gasteiger partial charge < -0.3 is 15.4 Å². The molecule has 0 bridgehead atoms. The molecule has 0 aromatic heterocycles. The molecular formula is C29H42N2OS. The Balaban J connectivity index is 0.000000783. The molecule has 0 spiro atoms. The van der Waals surface area contributed by atoms with Crippen molar-refractivity contribution in [3.05, 3.63) is 57.6 Å². The lowest BCUT2D eigenvalue weighted by molar-refractivity contribution is 0.0517. The molecule has 1 saturated heterocycles. The van der Waals surface area contributed by atoms with Crippen LogP contribution in [0, 0.1) is 5.92 Å². The highest BCUT2D eigenvalue weighted by Crippen LogP contribution is 2.75. The molecule has 33 heavy (non-hydrogen) atoms. The van der Waals surface area contributed by atoms with Crippen LogP contribution in [0.4, 0.5) is 0 Å². The smallest absolute Gasteiger partial charge is 0.0728 e. The lowest BCUT2D eigenvalue weighted by Crippen LogP contribution is -2.63. The SMILES string of the molecule is C1=C(CC2CCc3ccccc32)C2=C(NC1)SC1(C3(NC4CCOCC4)CCC3)CC21.CC.[HH]. The van der Waals surface area contributed by atoms with Crippen molar-refractivity contribution in [3.63, 3.8) is 0 Å². The lowest BCUT2D eigenvalue weighted by Gasteiger charge is -2.51. The van der Waals surface area contributed by atoms with Crippen LogP contribution in [0.15, 0.2) is 46.5 Å². The van der Waals surface area contributed by atoms with Crippen molar-refractivity contribution in [1.82, 2.24) is 10.6 Å². The molecule has 3 atom stereocenters. The van der Waals surface area contributed by atoms with Gasteiger partial charge in [-0.05, 0) is 86.0 Å². The van der Waals surface area contributed by atoms with E-state index in [9.17, 15) is 0 Å². The summed E-state index contributed by atoms with van der Waals surface area (Å²) < 4.78 is 6.05. The Morgan fingerprint density at radius 1 is 1.15 bits per heavy atom. The zero-order chi connectivity index (χ0) is 22.5. The van der Waals surface area contributed by atoms with Gasteiger partial charge in [-0.25, -0.2) is 0 Å². The second-order valence-corrected chi connectivity index (χ2v) is 12.0.